The summed E-state index contributed by atoms with van der Waals surface area (Å²) >= 11 is 1.67. The van der Waals surface area contributed by atoms with Crippen molar-refractivity contribution in [3.05, 3.63) is 23.2 Å². The summed E-state index contributed by atoms with van der Waals surface area (Å²) in [4.78, 5) is 18.6. The summed E-state index contributed by atoms with van der Waals surface area (Å²) in [5.41, 5.74) is 1.96. The molecule has 2 aromatic rings. The van der Waals surface area contributed by atoms with Gasteiger partial charge in [0.15, 0.2) is 0 Å². The van der Waals surface area contributed by atoms with E-state index in [2.05, 4.69) is 16.4 Å². The minimum Gasteiger partial charge on any atom is -0.316 e. The Labute approximate surface area is 140 Å². The third-order valence-electron chi connectivity index (χ3n) is 3.61. The molecule has 1 aromatic carbocycles. The summed E-state index contributed by atoms with van der Waals surface area (Å²) in [6.45, 7) is 3.74. The molecule has 1 saturated heterocycles. The van der Waals surface area contributed by atoms with Gasteiger partial charge >= 0.3 is 0 Å². The number of halogens is 2. The van der Waals surface area contributed by atoms with Crippen LogP contribution in [0.25, 0.3) is 10.2 Å². The van der Waals surface area contributed by atoms with Gasteiger partial charge in [0.1, 0.15) is 0 Å². The number of carbonyl (C=O) groups is 1. The quantitative estimate of drug-likeness (QED) is 0.907. The molecule has 1 unspecified atom stereocenters. The van der Waals surface area contributed by atoms with Crippen LogP contribution in [-0.4, -0.2) is 31.0 Å². The lowest BCUT2D eigenvalue weighted by atomic mass is 10.1. The summed E-state index contributed by atoms with van der Waals surface area (Å²) in [5.74, 6) is 0.314. The smallest absolute Gasteiger partial charge is 0.231 e. The SMILES string of the molecule is Cc1nc2ccc(N(C)C(=O)C3CCNC3)cc2s1.Cl.Cl. The second-order valence-electron chi connectivity index (χ2n) is 4.97. The maximum Gasteiger partial charge on any atom is 0.231 e. The van der Waals surface area contributed by atoms with Gasteiger partial charge in [0.25, 0.3) is 0 Å². The number of amides is 1. The molecule has 1 aliphatic rings. The van der Waals surface area contributed by atoms with Crippen molar-refractivity contribution in [2.75, 3.05) is 25.0 Å². The number of aryl methyl sites for hydroxylation is 1. The molecule has 0 spiro atoms. The second-order valence-corrected chi connectivity index (χ2v) is 6.21. The van der Waals surface area contributed by atoms with Crippen molar-refractivity contribution < 1.29 is 4.79 Å². The minimum atomic E-state index is 0. The Balaban J connectivity index is 0.00000110. The van der Waals surface area contributed by atoms with E-state index in [1.165, 1.54) is 0 Å². The number of aromatic nitrogens is 1. The number of carbonyl (C=O) groups excluding carboxylic acids is 1. The van der Waals surface area contributed by atoms with Crippen LogP contribution in [-0.2, 0) is 4.79 Å². The fourth-order valence-corrected chi connectivity index (χ4v) is 3.36. The molecule has 1 amide bonds. The lowest BCUT2D eigenvalue weighted by molar-refractivity contribution is -0.121. The molecule has 1 aliphatic heterocycles. The van der Waals surface area contributed by atoms with E-state index in [9.17, 15) is 4.79 Å². The topological polar surface area (TPSA) is 45.2 Å². The number of nitrogens with one attached hydrogen (secondary N) is 1. The van der Waals surface area contributed by atoms with Crippen LogP contribution in [0.5, 0.6) is 0 Å². The molecular formula is C14H19Cl2N3OS. The number of hydrogen-bond donors (Lipinski definition) is 1. The van der Waals surface area contributed by atoms with Crippen LogP contribution in [0.3, 0.4) is 0 Å². The van der Waals surface area contributed by atoms with Gasteiger partial charge in [-0.1, -0.05) is 0 Å². The van der Waals surface area contributed by atoms with Crippen molar-refractivity contribution in [1.82, 2.24) is 10.3 Å². The van der Waals surface area contributed by atoms with Crippen molar-refractivity contribution in [1.29, 1.82) is 0 Å². The van der Waals surface area contributed by atoms with Gasteiger partial charge in [-0.05, 0) is 38.1 Å². The van der Waals surface area contributed by atoms with Gasteiger partial charge in [-0.15, -0.1) is 36.2 Å². The van der Waals surface area contributed by atoms with Crippen molar-refractivity contribution in [2.45, 2.75) is 13.3 Å². The molecule has 0 bridgehead atoms. The second kappa shape index (κ2) is 7.40. The van der Waals surface area contributed by atoms with E-state index in [1.54, 1.807) is 16.2 Å². The molecule has 2 heterocycles. The molecule has 0 radical (unpaired) electrons. The van der Waals surface area contributed by atoms with Crippen LogP contribution in [0.4, 0.5) is 5.69 Å². The molecule has 3 rings (SSSR count). The predicted octanol–water partition coefficient (Wildman–Crippen LogP) is 3.02. The van der Waals surface area contributed by atoms with Gasteiger partial charge in [0.05, 0.1) is 21.1 Å². The average molecular weight is 348 g/mol. The van der Waals surface area contributed by atoms with Crippen molar-refractivity contribution in [2.24, 2.45) is 5.92 Å². The number of hydrogen-bond acceptors (Lipinski definition) is 4. The Kier molecular flexibility index (Phi) is 6.41. The number of anilines is 1. The van der Waals surface area contributed by atoms with Crippen LogP contribution in [0.1, 0.15) is 11.4 Å². The Morgan fingerprint density at radius 1 is 1.43 bits per heavy atom. The zero-order valence-electron chi connectivity index (χ0n) is 12.0. The van der Waals surface area contributed by atoms with Crippen molar-refractivity contribution in [3.8, 4) is 0 Å². The molecular weight excluding hydrogens is 329 g/mol. The van der Waals surface area contributed by atoms with E-state index in [0.29, 0.717) is 0 Å². The van der Waals surface area contributed by atoms with Gasteiger partial charge in [0.2, 0.25) is 5.91 Å². The summed E-state index contributed by atoms with van der Waals surface area (Å²) in [7, 11) is 1.86. The molecule has 1 atom stereocenters. The van der Waals surface area contributed by atoms with Gasteiger partial charge < -0.3 is 10.2 Å². The highest BCUT2D eigenvalue weighted by molar-refractivity contribution is 7.18. The first-order chi connectivity index (χ1) is 9.15. The van der Waals surface area contributed by atoms with E-state index in [0.717, 1.165) is 40.4 Å². The largest absolute Gasteiger partial charge is 0.316 e. The van der Waals surface area contributed by atoms with E-state index < -0.39 is 0 Å². The summed E-state index contributed by atoms with van der Waals surface area (Å²) in [5, 5.41) is 4.29. The fourth-order valence-electron chi connectivity index (χ4n) is 2.50. The molecule has 1 fully saturated rings. The third kappa shape index (κ3) is 3.66. The Bertz CT molecular complexity index is 626. The van der Waals surface area contributed by atoms with Crippen molar-refractivity contribution >= 4 is 58.0 Å². The predicted molar refractivity (Wildman–Crippen MR) is 93.2 cm³/mol. The average Bonchev–Trinajstić information content (AvgIpc) is 3.03. The standard InChI is InChI=1S/C14H17N3OS.2ClH/c1-9-16-12-4-3-11(7-13(12)19-9)17(2)14(18)10-5-6-15-8-10;;/h3-4,7,10,15H,5-6,8H2,1-2H3;2*1H. The van der Waals surface area contributed by atoms with Gasteiger partial charge in [0, 0.05) is 19.3 Å². The zero-order valence-corrected chi connectivity index (χ0v) is 14.4. The maximum absolute atomic E-state index is 12.4. The fraction of sp³-hybridized carbons (Fsp3) is 0.429. The van der Waals surface area contributed by atoms with Crippen LogP contribution in [0.2, 0.25) is 0 Å². The van der Waals surface area contributed by atoms with Gasteiger partial charge in [-0.3, -0.25) is 4.79 Å². The van der Waals surface area contributed by atoms with Crippen LogP contribution in [0.15, 0.2) is 18.2 Å². The molecule has 116 valence electrons. The minimum absolute atomic E-state index is 0. The molecule has 0 aliphatic carbocycles. The molecule has 4 nitrogen and oxygen atoms in total. The number of fused-ring (bicyclic) bond motifs is 1. The third-order valence-corrected chi connectivity index (χ3v) is 4.54. The highest BCUT2D eigenvalue weighted by Gasteiger charge is 2.26. The van der Waals surface area contributed by atoms with Crippen LogP contribution in [0, 0.1) is 12.8 Å². The Morgan fingerprint density at radius 3 is 2.86 bits per heavy atom. The highest BCUT2D eigenvalue weighted by atomic mass is 35.5. The van der Waals surface area contributed by atoms with Crippen LogP contribution >= 0.6 is 36.2 Å². The normalized spacial score (nSPS) is 17.1. The molecule has 1 N–H and O–H groups in total. The zero-order chi connectivity index (χ0) is 13.4. The molecule has 21 heavy (non-hydrogen) atoms. The van der Waals surface area contributed by atoms with Crippen molar-refractivity contribution in [3.63, 3.8) is 0 Å². The number of nitrogens with zero attached hydrogens (tertiary/aromatic N) is 2. The lowest BCUT2D eigenvalue weighted by Gasteiger charge is -2.20. The highest BCUT2D eigenvalue weighted by Crippen LogP contribution is 2.27. The van der Waals surface area contributed by atoms with E-state index in [1.807, 2.05) is 26.1 Å². The first-order valence-corrected chi connectivity index (χ1v) is 7.32. The Hall–Kier alpha value is -0.880. The van der Waals surface area contributed by atoms with Crippen LogP contribution < -0.4 is 10.2 Å². The Morgan fingerprint density at radius 2 is 2.19 bits per heavy atom. The van der Waals surface area contributed by atoms with E-state index in [4.69, 9.17) is 0 Å². The molecule has 1 aromatic heterocycles. The molecule has 0 saturated carbocycles. The molecule has 7 heteroatoms. The first kappa shape index (κ1) is 18.2. The number of benzene rings is 1. The van der Waals surface area contributed by atoms with Gasteiger partial charge in [-0.25, -0.2) is 4.98 Å². The summed E-state index contributed by atoms with van der Waals surface area (Å²) in [6, 6.07) is 6.02. The first-order valence-electron chi connectivity index (χ1n) is 6.50. The van der Waals surface area contributed by atoms with E-state index >= 15 is 0 Å². The van der Waals surface area contributed by atoms with E-state index in [-0.39, 0.29) is 36.6 Å². The lowest BCUT2D eigenvalue weighted by Crippen LogP contribution is -2.33. The summed E-state index contributed by atoms with van der Waals surface area (Å²) in [6.07, 6.45) is 0.936. The number of rotatable bonds is 2. The monoisotopic (exact) mass is 347 g/mol. The number of thiazole rings is 1. The summed E-state index contributed by atoms with van der Waals surface area (Å²) < 4.78 is 1.14. The van der Waals surface area contributed by atoms with Gasteiger partial charge in [-0.2, -0.15) is 0 Å². The maximum atomic E-state index is 12.4.